The molecule has 0 radical (unpaired) electrons. The molecule has 0 saturated heterocycles. The Hall–Kier alpha value is -1.06. The van der Waals surface area contributed by atoms with Gasteiger partial charge in [0.2, 0.25) is 0 Å². The van der Waals surface area contributed by atoms with Gasteiger partial charge in [-0.05, 0) is 38.6 Å². The minimum absolute atomic E-state index is 0.0743. The van der Waals surface area contributed by atoms with Crippen LogP contribution in [0.1, 0.15) is 32.4 Å². The van der Waals surface area contributed by atoms with E-state index in [0.29, 0.717) is 5.92 Å². The normalized spacial score (nSPS) is 13.1. The lowest BCUT2D eigenvalue weighted by Crippen LogP contribution is -2.35. The molecule has 0 spiro atoms. The highest BCUT2D eigenvalue weighted by Crippen LogP contribution is 2.25. The fraction of sp³-hybridized carbons (Fsp3) is 0.625. The second-order valence-electron chi connectivity index (χ2n) is 5.99. The lowest BCUT2D eigenvalue weighted by Gasteiger charge is -2.30. The Morgan fingerprint density at radius 2 is 1.68 bits per heavy atom. The maximum absolute atomic E-state index is 6.10. The molecule has 0 aromatic heterocycles. The van der Waals surface area contributed by atoms with Crippen molar-refractivity contribution in [3.05, 3.63) is 29.8 Å². The summed E-state index contributed by atoms with van der Waals surface area (Å²) in [5, 5.41) is 0. The molecule has 0 bridgehead atoms. The van der Waals surface area contributed by atoms with Gasteiger partial charge in [0.05, 0.1) is 0 Å². The summed E-state index contributed by atoms with van der Waals surface area (Å²) < 4.78 is 0. The van der Waals surface area contributed by atoms with E-state index in [-0.39, 0.29) is 6.04 Å². The highest BCUT2D eigenvalue weighted by molar-refractivity contribution is 5.55. The molecule has 0 aliphatic rings. The maximum atomic E-state index is 6.10. The Morgan fingerprint density at radius 1 is 1.05 bits per heavy atom. The minimum Gasteiger partial charge on any atom is -0.370 e. The van der Waals surface area contributed by atoms with Crippen LogP contribution in [0.3, 0.4) is 0 Å². The summed E-state index contributed by atoms with van der Waals surface area (Å²) in [4.78, 5) is 4.69. The molecule has 1 rings (SSSR count). The van der Waals surface area contributed by atoms with Crippen LogP contribution in [0.25, 0.3) is 0 Å². The number of anilines is 1. The van der Waals surface area contributed by atoms with E-state index in [4.69, 9.17) is 5.73 Å². The summed E-state index contributed by atoms with van der Waals surface area (Å²) in [6.07, 6.45) is 0. The molecule has 19 heavy (non-hydrogen) atoms. The van der Waals surface area contributed by atoms with Gasteiger partial charge in [-0.1, -0.05) is 32.0 Å². The van der Waals surface area contributed by atoms with Crippen molar-refractivity contribution in [3.8, 4) is 0 Å². The fourth-order valence-corrected chi connectivity index (χ4v) is 2.23. The zero-order valence-corrected chi connectivity index (χ0v) is 13.1. The summed E-state index contributed by atoms with van der Waals surface area (Å²) in [5.74, 6) is 0.642. The van der Waals surface area contributed by atoms with Gasteiger partial charge in [-0.25, -0.2) is 0 Å². The molecule has 0 aliphatic heterocycles. The number of hydrogen-bond donors (Lipinski definition) is 1. The lowest BCUT2D eigenvalue weighted by molar-refractivity contribution is 0.408. The third kappa shape index (κ3) is 5.21. The van der Waals surface area contributed by atoms with Crippen LogP contribution < -0.4 is 10.6 Å². The zero-order chi connectivity index (χ0) is 14.4. The van der Waals surface area contributed by atoms with Crippen LogP contribution in [-0.2, 0) is 0 Å². The molecule has 0 fully saturated rings. The van der Waals surface area contributed by atoms with Gasteiger partial charge >= 0.3 is 0 Å². The Labute approximate surface area is 118 Å². The molecule has 0 unspecified atom stereocenters. The first-order chi connectivity index (χ1) is 8.91. The zero-order valence-electron chi connectivity index (χ0n) is 13.1. The molecule has 0 saturated carbocycles. The van der Waals surface area contributed by atoms with Crippen LogP contribution in [-0.4, -0.2) is 38.6 Å². The van der Waals surface area contributed by atoms with E-state index < -0.39 is 0 Å². The first-order valence-corrected chi connectivity index (χ1v) is 7.16. The standard InChI is InChI=1S/C16H29N3/c1-13(2)12-19(11-10-18(4)5)16-9-7-6-8-15(16)14(3)17/h6-9,13-14H,10-12,17H2,1-5H3/t14-/m0/s1. The Balaban J connectivity index is 2.95. The molecule has 0 aliphatic carbocycles. The van der Waals surface area contributed by atoms with E-state index in [0.717, 1.165) is 19.6 Å². The summed E-state index contributed by atoms with van der Waals surface area (Å²) >= 11 is 0. The first kappa shape index (κ1) is 16.0. The van der Waals surface area contributed by atoms with Crippen molar-refractivity contribution in [1.82, 2.24) is 4.90 Å². The second kappa shape index (κ2) is 7.51. The van der Waals surface area contributed by atoms with Crippen molar-refractivity contribution in [1.29, 1.82) is 0 Å². The van der Waals surface area contributed by atoms with Crippen LogP contribution in [0.4, 0.5) is 5.69 Å². The number of benzene rings is 1. The van der Waals surface area contributed by atoms with Crippen LogP contribution in [0, 0.1) is 5.92 Å². The first-order valence-electron chi connectivity index (χ1n) is 7.16. The SMILES string of the molecule is CC(C)CN(CCN(C)C)c1ccccc1[C@H](C)N. The van der Waals surface area contributed by atoms with Crippen molar-refractivity contribution in [2.45, 2.75) is 26.8 Å². The van der Waals surface area contributed by atoms with Gasteiger partial charge < -0.3 is 15.5 Å². The van der Waals surface area contributed by atoms with Gasteiger partial charge in [0.25, 0.3) is 0 Å². The highest BCUT2D eigenvalue weighted by atomic mass is 15.2. The quantitative estimate of drug-likeness (QED) is 0.821. The van der Waals surface area contributed by atoms with Gasteiger partial charge in [0.15, 0.2) is 0 Å². The number of nitrogens with two attached hydrogens (primary N) is 1. The van der Waals surface area contributed by atoms with Gasteiger partial charge in [-0.2, -0.15) is 0 Å². The lowest BCUT2D eigenvalue weighted by atomic mass is 10.0. The van der Waals surface area contributed by atoms with E-state index >= 15 is 0 Å². The van der Waals surface area contributed by atoms with Gasteiger partial charge in [0, 0.05) is 31.4 Å². The molecule has 1 atom stereocenters. The minimum atomic E-state index is 0.0743. The second-order valence-corrected chi connectivity index (χ2v) is 5.99. The van der Waals surface area contributed by atoms with Crippen molar-refractivity contribution in [2.24, 2.45) is 11.7 Å². The summed E-state index contributed by atoms with van der Waals surface area (Å²) in [5.41, 5.74) is 8.63. The average molecular weight is 263 g/mol. The third-order valence-corrected chi connectivity index (χ3v) is 3.17. The number of likely N-dealkylation sites (N-methyl/N-ethyl adjacent to an activating group) is 1. The van der Waals surface area contributed by atoms with E-state index in [2.05, 4.69) is 68.9 Å². The number of rotatable bonds is 7. The Kier molecular flexibility index (Phi) is 6.32. The molecular formula is C16H29N3. The predicted octanol–water partition coefficient (Wildman–Crippen LogP) is 2.73. The van der Waals surface area contributed by atoms with E-state index in [9.17, 15) is 0 Å². The molecule has 108 valence electrons. The summed E-state index contributed by atoms with van der Waals surface area (Å²) in [6, 6.07) is 8.58. The van der Waals surface area contributed by atoms with Crippen LogP contribution in [0.5, 0.6) is 0 Å². The monoisotopic (exact) mass is 263 g/mol. The van der Waals surface area contributed by atoms with Crippen molar-refractivity contribution < 1.29 is 0 Å². The highest BCUT2D eigenvalue weighted by Gasteiger charge is 2.14. The summed E-state index contributed by atoms with van der Waals surface area (Å²) in [7, 11) is 4.23. The Bertz CT molecular complexity index is 372. The molecule has 1 aromatic carbocycles. The number of nitrogens with zero attached hydrogens (tertiary/aromatic N) is 2. The molecule has 0 heterocycles. The van der Waals surface area contributed by atoms with Crippen molar-refractivity contribution in [2.75, 3.05) is 38.6 Å². The molecule has 1 aromatic rings. The number of para-hydroxylation sites is 1. The van der Waals surface area contributed by atoms with E-state index in [1.165, 1.54) is 11.3 Å². The predicted molar refractivity (Wildman–Crippen MR) is 84.6 cm³/mol. The van der Waals surface area contributed by atoms with Crippen LogP contribution in [0.15, 0.2) is 24.3 Å². The average Bonchev–Trinajstić information content (AvgIpc) is 2.33. The number of hydrogen-bond acceptors (Lipinski definition) is 3. The van der Waals surface area contributed by atoms with Crippen molar-refractivity contribution >= 4 is 5.69 Å². The fourth-order valence-electron chi connectivity index (χ4n) is 2.23. The molecule has 0 amide bonds. The Morgan fingerprint density at radius 3 is 2.21 bits per heavy atom. The maximum Gasteiger partial charge on any atom is 0.0415 e. The summed E-state index contributed by atoms with van der Waals surface area (Å²) in [6.45, 7) is 9.74. The van der Waals surface area contributed by atoms with Crippen LogP contribution >= 0.6 is 0 Å². The van der Waals surface area contributed by atoms with Crippen LogP contribution in [0.2, 0.25) is 0 Å². The molecule has 3 heteroatoms. The van der Waals surface area contributed by atoms with Gasteiger partial charge in [-0.15, -0.1) is 0 Å². The van der Waals surface area contributed by atoms with Gasteiger partial charge in [0.1, 0.15) is 0 Å². The molecular weight excluding hydrogens is 234 g/mol. The molecule has 2 N–H and O–H groups in total. The van der Waals surface area contributed by atoms with Gasteiger partial charge in [-0.3, -0.25) is 0 Å². The van der Waals surface area contributed by atoms with Crippen molar-refractivity contribution in [3.63, 3.8) is 0 Å². The van der Waals surface area contributed by atoms with E-state index in [1.807, 2.05) is 0 Å². The largest absolute Gasteiger partial charge is 0.370 e. The smallest absolute Gasteiger partial charge is 0.0415 e. The third-order valence-electron chi connectivity index (χ3n) is 3.17. The topological polar surface area (TPSA) is 32.5 Å². The van der Waals surface area contributed by atoms with E-state index in [1.54, 1.807) is 0 Å². The molecule has 3 nitrogen and oxygen atoms in total.